The lowest BCUT2D eigenvalue weighted by molar-refractivity contribution is -0.140. The van der Waals surface area contributed by atoms with Gasteiger partial charge in [0, 0.05) is 37.8 Å². The van der Waals surface area contributed by atoms with Crippen molar-refractivity contribution in [2.24, 2.45) is 5.92 Å². The van der Waals surface area contributed by atoms with Crippen molar-refractivity contribution in [2.75, 3.05) is 19.6 Å². The van der Waals surface area contributed by atoms with E-state index in [0.717, 1.165) is 0 Å². The fourth-order valence-electron chi connectivity index (χ4n) is 3.30. The van der Waals surface area contributed by atoms with Gasteiger partial charge in [-0.05, 0) is 25.8 Å². The van der Waals surface area contributed by atoms with Crippen molar-refractivity contribution >= 4 is 11.8 Å². The van der Waals surface area contributed by atoms with Gasteiger partial charge in [0.25, 0.3) is 0 Å². The first-order valence-electron chi connectivity index (χ1n) is 9.34. The number of carbonyl (C=O) groups excluding carboxylic acids is 2. The molecule has 1 aliphatic heterocycles. The van der Waals surface area contributed by atoms with Gasteiger partial charge in [0.2, 0.25) is 11.8 Å². The Hall–Kier alpha value is -1.95. The Labute approximate surface area is 155 Å². The Morgan fingerprint density at radius 1 is 1.31 bits per heavy atom. The molecule has 0 unspecified atom stereocenters. The first-order valence-corrected chi connectivity index (χ1v) is 9.34. The van der Waals surface area contributed by atoms with Crippen molar-refractivity contribution in [3.8, 4) is 0 Å². The van der Waals surface area contributed by atoms with Gasteiger partial charge in [0.1, 0.15) is 5.82 Å². The largest absolute Gasteiger partial charge is 0.353 e. The zero-order valence-electron chi connectivity index (χ0n) is 16.2. The Bertz CT molecular complexity index is 633. The van der Waals surface area contributed by atoms with Crippen LogP contribution in [0, 0.1) is 11.7 Å². The highest BCUT2D eigenvalue weighted by atomic mass is 19.1. The lowest BCUT2D eigenvalue weighted by atomic mass is 10.0. The molecule has 2 rings (SSSR count). The Kier molecular flexibility index (Phi) is 7.14. The Balaban J connectivity index is 2.13. The van der Waals surface area contributed by atoms with Crippen LogP contribution in [-0.2, 0) is 16.1 Å². The molecule has 1 heterocycles. The van der Waals surface area contributed by atoms with Gasteiger partial charge in [-0.3, -0.25) is 14.5 Å². The van der Waals surface area contributed by atoms with Crippen molar-refractivity contribution in [2.45, 2.75) is 52.7 Å². The minimum Gasteiger partial charge on any atom is -0.353 e. The van der Waals surface area contributed by atoms with Gasteiger partial charge < -0.3 is 10.2 Å². The second-order valence-corrected chi connectivity index (χ2v) is 7.61. The predicted octanol–water partition coefficient (Wildman–Crippen LogP) is 2.41. The maximum atomic E-state index is 14.0. The van der Waals surface area contributed by atoms with E-state index in [1.54, 1.807) is 18.2 Å². The number of amides is 2. The lowest BCUT2D eigenvalue weighted by Gasteiger charge is -2.37. The SMILES string of the molecule is CC(C)CN(C(=O)C[C@H]1C(=O)NCCN1Cc1ccccc1F)C(C)C. The molecule has 0 radical (unpaired) electrons. The fraction of sp³-hybridized carbons (Fsp3) is 0.600. The molecule has 144 valence electrons. The van der Waals surface area contributed by atoms with Crippen molar-refractivity contribution in [1.29, 1.82) is 0 Å². The molecule has 0 aliphatic carbocycles. The molecule has 1 atom stereocenters. The molecular formula is C20H30FN3O2. The summed E-state index contributed by atoms with van der Waals surface area (Å²) in [6.07, 6.45) is 0.116. The molecule has 0 bridgehead atoms. The molecule has 0 saturated carbocycles. The van der Waals surface area contributed by atoms with E-state index in [-0.39, 0.29) is 30.1 Å². The molecule has 2 amide bonds. The fourth-order valence-corrected chi connectivity index (χ4v) is 3.30. The zero-order chi connectivity index (χ0) is 19.3. The smallest absolute Gasteiger partial charge is 0.237 e. The van der Waals surface area contributed by atoms with Gasteiger partial charge in [-0.2, -0.15) is 0 Å². The van der Waals surface area contributed by atoms with Crippen molar-refractivity contribution in [3.05, 3.63) is 35.6 Å². The van der Waals surface area contributed by atoms with Crippen LogP contribution in [0.25, 0.3) is 0 Å². The van der Waals surface area contributed by atoms with Crippen LogP contribution in [0.3, 0.4) is 0 Å². The highest BCUT2D eigenvalue weighted by Crippen LogP contribution is 2.18. The quantitative estimate of drug-likeness (QED) is 0.809. The number of hydrogen-bond donors (Lipinski definition) is 1. The summed E-state index contributed by atoms with van der Waals surface area (Å²) in [7, 11) is 0. The van der Waals surface area contributed by atoms with Gasteiger partial charge in [0.15, 0.2) is 0 Å². The van der Waals surface area contributed by atoms with Crippen LogP contribution < -0.4 is 5.32 Å². The molecule has 1 N–H and O–H groups in total. The molecule has 1 aliphatic rings. The van der Waals surface area contributed by atoms with E-state index in [1.165, 1.54) is 6.07 Å². The summed E-state index contributed by atoms with van der Waals surface area (Å²) in [5.41, 5.74) is 0.544. The number of rotatable bonds is 7. The van der Waals surface area contributed by atoms with Gasteiger partial charge in [-0.1, -0.05) is 32.0 Å². The van der Waals surface area contributed by atoms with Crippen LogP contribution in [0.4, 0.5) is 4.39 Å². The maximum absolute atomic E-state index is 14.0. The summed E-state index contributed by atoms with van der Waals surface area (Å²) < 4.78 is 14.0. The van der Waals surface area contributed by atoms with E-state index in [1.807, 2.05) is 23.6 Å². The Morgan fingerprint density at radius 3 is 2.62 bits per heavy atom. The number of halogens is 1. The predicted molar refractivity (Wildman–Crippen MR) is 99.9 cm³/mol. The summed E-state index contributed by atoms with van der Waals surface area (Å²) >= 11 is 0. The molecule has 0 aromatic heterocycles. The Morgan fingerprint density at radius 2 is 2.00 bits per heavy atom. The third kappa shape index (κ3) is 5.27. The topological polar surface area (TPSA) is 52.7 Å². The van der Waals surface area contributed by atoms with E-state index in [0.29, 0.717) is 37.7 Å². The summed E-state index contributed by atoms with van der Waals surface area (Å²) in [6, 6.07) is 6.09. The van der Waals surface area contributed by atoms with Gasteiger partial charge in [-0.25, -0.2) is 4.39 Å². The molecular weight excluding hydrogens is 333 g/mol. The average Bonchev–Trinajstić information content (AvgIpc) is 2.57. The molecule has 1 aromatic rings. The van der Waals surface area contributed by atoms with Gasteiger partial charge >= 0.3 is 0 Å². The zero-order valence-corrected chi connectivity index (χ0v) is 16.2. The number of benzene rings is 1. The van der Waals surface area contributed by atoms with Crippen LogP contribution >= 0.6 is 0 Å². The summed E-state index contributed by atoms with van der Waals surface area (Å²) in [4.78, 5) is 29.0. The second kappa shape index (κ2) is 9.12. The molecule has 0 spiro atoms. The van der Waals surface area contributed by atoms with E-state index >= 15 is 0 Å². The average molecular weight is 363 g/mol. The van der Waals surface area contributed by atoms with Crippen molar-refractivity contribution in [3.63, 3.8) is 0 Å². The normalized spacial score (nSPS) is 18.3. The molecule has 6 heteroatoms. The van der Waals surface area contributed by atoms with E-state index in [4.69, 9.17) is 0 Å². The minimum absolute atomic E-state index is 0.0331. The molecule has 1 aromatic carbocycles. The third-order valence-electron chi connectivity index (χ3n) is 4.65. The van der Waals surface area contributed by atoms with Gasteiger partial charge in [0.05, 0.1) is 12.5 Å². The molecule has 26 heavy (non-hydrogen) atoms. The van der Waals surface area contributed by atoms with Crippen LogP contribution in [0.15, 0.2) is 24.3 Å². The van der Waals surface area contributed by atoms with Crippen LogP contribution in [0.5, 0.6) is 0 Å². The summed E-state index contributed by atoms with van der Waals surface area (Å²) in [5.74, 6) is -0.119. The second-order valence-electron chi connectivity index (χ2n) is 7.61. The minimum atomic E-state index is -0.565. The standard InChI is InChI=1S/C20H30FN3O2/c1-14(2)12-24(15(3)4)19(25)11-18-20(26)22-9-10-23(18)13-16-7-5-6-8-17(16)21/h5-8,14-15,18H,9-13H2,1-4H3,(H,22,26)/t18-/m0/s1. The van der Waals surface area contributed by atoms with Crippen LogP contribution in [-0.4, -0.2) is 53.3 Å². The highest BCUT2D eigenvalue weighted by molar-refractivity contribution is 5.89. The molecule has 1 fully saturated rings. The van der Waals surface area contributed by atoms with E-state index < -0.39 is 6.04 Å². The molecule has 5 nitrogen and oxygen atoms in total. The van der Waals surface area contributed by atoms with Crippen molar-refractivity contribution in [1.82, 2.24) is 15.1 Å². The first-order chi connectivity index (χ1) is 12.3. The van der Waals surface area contributed by atoms with E-state index in [9.17, 15) is 14.0 Å². The van der Waals surface area contributed by atoms with Gasteiger partial charge in [-0.15, -0.1) is 0 Å². The number of hydrogen-bond acceptors (Lipinski definition) is 3. The number of nitrogens with zero attached hydrogens (tertiary/aromatic N) is 2. The number of nitrogens with one attached hydrogen (secondary N) is 1. The number of piperazine rings is 1. The monoisotopic (exact) mass is 363 g/mol. The van der Waals surface area contributed by atoms with Crippen LogP contribution in [0.1, 0.15) is 39.7 Å². The van der Waals surface area contributed by atoms with E-state index in [2.05, 4.69) is 19.2 Å². The maximum Gasteiger partial charge on any atom is 0.237 e. The molecule has 1 saturated heterocycles. The number of carbonyl (C=O) groups is 2. The van der Waals surface area contributed by atoms with Crippen LogP contribution in [0.2, 0.25) is 0 Å². The lowest BCUT2D eigenvalue weighted by Crippen LogP contribution is -2.56. The first kappa shape index (κ1) is 20.4. The van der Waals surface area contributed by atoms with Crippen molar-refractivity contribution < 1.29 is 14.0 Å². The summed E-state index contributed by atoms with van der Waals surface area (Å²) in [5, 5.41) is 2.83. The third-order valence-corrected chi connectivity index (χ3v) is 4.65. The highest BCUT2D eigenvalue weighted by Gasteiger charge is 2.33. The summed E-state index contributed by atoms with van der Waals surface area (Å²) in [6.45, 7) is 10.2.